The maximum Gasteiger partial charge on any atom is 0.242 e. The summed E-state index contributed by atoms with van der Waals surface area (Å²) in [6, 6.07) is 13.4. The van der Waals surface area contributed by atoms with Crippen molar-refractivity contribution in [2.45, 2.75) is 38.3 Å². The molecule has 0 atom stereocenters. The van der Waals surface area contributed by atoms with Gasteiger partial charge in [-0.1, -0.05) is 19.1 Å². The smallest absolute Gasteiger partial charge is 0.242 e. The minimum atomic E-state index is -3.48. The Kier molecular flexibility index (Phi) is 5.53. The molecule has 2 aromatic carbocycles. The third-order valence-corrected chi connectivity index (χ3v) is 6.30. The number of benzene rings is 2. The van der Waals surface area contributed by atoms with Crippen LogP contribution >= 0.6 is 0 Å². The summed E-state index contributed by atoms with van der Waals surface area (Å²) < 4.78 is 28.2. The van der Waals surface area contributed by atoms with Crippen LogP contribution in [0.1, 0.15) is 24.7 Å². The van der Waals surface area contributed by atoms with Crippen molar-refractivity contribution in [3.63, 3.8) is 0 Å². The van der Waals surface area contributed by atoms with E-state index in [1.807, 2.05) is 18.2 Å². The molecule has 0 aliphatic carbocycles. The van der Waals surface area contributed by atoms with Crippen LogP contribution in [0.2, 0.25) is 0 Å². The molecule has 3 rings (SSSR count). The molecular weight excluding hydrogens is 360 g/mol. The number of imidazole rings is 1. The predicted molar refractivity (Wildman–Crippen MR) is 109 cm³/mol. The van der Waals surface area contributed by atoms with Gasteiger partial charge >= 0.3 is 0 Å². The second-order valence-electron chi connectivity index (χ2n) is 6.84. The minimum Gasteiger partial charge on any atom is -0.378 e. The van der Waals surface area contributed by atoms with Gasteiger partial charge in [-0.05, 0) is 49.2 Å². The van der Waals surface area contributed by atoms with Crippen LogP contribution in [0.5, 0.6) is 0 Å². The van der Waals surface area contributed by atoms with E-state index < -0.39 is 10.0 Å². The lowest BCUT2D eigenvalue weighted by Crippen LogP contribution is -2.22. The summed E-state index contributed by atoms with van der Waals surface area (Å²) in [5.74, 6) is 0.896. The van der Waals surface area contributed by atoms with Gasteiger partial charge in [0.15, 0.2) is 0 Å². The van der Waals surface area contributed by atoms with Crippen molar-refractivity contribution in [2.24, 2.45) is 0 Å². The van der Waals surface area contributed by atoms with E-state index in [1.54, 1.807) is 12.1 Å². The van der Waals surface area contributed by atoms with Crippen molar-refractivity contribution in [3.8, 4) is 0 Å². The van der Waals surface area contributed by atoms with Crippen LogP contribution in [0, 0.1) is 6.92 Å². The molecule has 0 spiro atoms. The van der Waals surface area contributed by atoms with Gasteiger partial charge in [0, 0.05) is 26.3 Å². The van der Waals surface area contributed by atoms with Crippen molar-refractivity contribution >= 4 is 26.7 Å². The molecular formula is C20H26N4O2S. The zero-order valence-electron chi connectivity index (χ0n) is 16.2. The van der Waals surface area contributed by atoms with Crippen LogP contribution in [-0.2, 0) is 23.1 Å². The molecule has 1 N–H and O–H groups in total. The largest absolute Gasteiger partial charge is 0.378 e. The van der Waals surface area contributed by atoms with Crippen LogP contribution in [-0.4, -0.2) is 36.4 Å². The van der Waals surface area contributed by atoms with E-state index in [-0.39, 0.29) is 4.90 Å². The Bertz CT molecular complexity index is 1060. The van der Waals surface area contributed by atoms with Crippen molar-refractivity contribution < 1.29 is 8.42 Å². The van der Waals surface area contributed by atoms with E-state index in [2.05, 4.69) is 35.9 Å². The minimum absolute atomic E-state index is 0.263. The second-order valence-corrected chi connectivity index (χ2v) is 8.99. The van der Waals surface area contributed by atoms with Crippen LogP contribution in [0.3, 0.4) is 0 Å². The molecule has 0 aliphatic heterocycles. The number of hydrogen-bond donors (Lipinski definition) is 1. The van der Waals surface area contributed by atoms with Gasteiger partial charge in [-0.15, -0.1) is 0 Å². The second kappa shape index (κ2) is 7.70. The molecule has 0 radical (unpaired) electrons. The van der Waals surface area contributed by atoms with E-state index in [4.69, 9.17) is 4.98 Å². The number of fused-ring (bicyclic) bond motifs is 1. The van der Waals surface area contributed by atoms with Crippen LogP contribution in [0.15, 0.2) is 47.4 Å². The summed E-state index contributed by atoms with van der Waals surface area (Å²) in [4.78, 5) is 4.98. The Labute approximate surface area is 160 Å². The molecule has 0 amide bonds. The zero-order chi connectivity index (χ0) is 19.6. The first kappa shape index (κ1) is 19.4. The fourth-order valence-corrected chi connectivity index (χ4v) is 4.00. The first-order valence-corrected chi connectivity index (χ1v) is 10.5. The van der Waals surface area contributed by atoms with Gasteiger partial charge in [-0.3, -0.25) is 0 Å². The Balaban J connectivity index is 1.97. The lowest BCUT2D eigenvalue weighted by atomic mass is 10.2. The van der Waals surface area contributed by atoms with Crippen LogP contribution in [0.25, 0.3) is 11.0 Å². The van der Waals surface area contributed by atoms with Crippen molar-refractivity contribution in [3.05, 3.63) is 53.9 Å². The maximum absolute atomic E-state index is 12.4. The van der Waals surface area contributed by atoms with Crippen LogP contribution in [0.4, 0.5) is 5.69 Å². The molecule has 0 bridgehead atoms. The number of aromatic nitrogens is 2. The van der Waals surface area contributed by atoms with Crippen LogP contribution < -0.4 is 5.32 Å². The molecule has 7 heteroatoms. The molecule has 1 aromatic heterocycles. The Morgan fingerprint density at radius 2 is 1.93 bits per heavy atom. The van der Waals surface area contributed by atoms with E-state index in [1.165, 1.54) is 24.0 Å². The van der Waals surface area contributed by atoms with Gasteiger partial charge in [-0.2, -0.15) is 0 Å². The van der Waals surface area contributed by atoms with E-state index >= 15 is 0 Å². The summed E-state index contributed by atoms with van der Waals surface area (Å²) in [6.07, 6.45) is 0.973. The van der Waals surface area contributed by atoms with Gasteiger partial charge < -0.3 is 9.88 Å². The highest BCUT2D eigenvalue weighted by Crippen LogP contribution is 2.23. The normalized spacial score (nSPS) is 12.0. The number of nitrogens with one attached hydrogen (secondary N) is 1. The van der Waals surface area contributed by atoms with E-state index in [0.29, 0.717) is 12.1 Å². The van der Waals surface area contributed by atoms with Crippen molar-refractivity contribution in [1.29, 1.82) is 0 Å². The standard InChI is InChI=1S/C20H26N4O2S/c1-5-11-24-19-10-9-17(27(25,26)23(3)4)13-18(19)22-20(24)14-21-16-8-6-7-15(2)12-16/h6-10,12-13,21H,5,11,14H2,1-4H3. The van der Waals surface area contributed by atoms with Gasteiger partial charge in [0.1, 0.15) is 5.82 Å². The number of nitrogens with zero attached hydrogens (tertiary/aromatic N) is 3. The fourth-order valence-electron chi connectivity index (χ4n) is 3.07. The molecule has 3 aromatic rings. The fraction of sp³-hybridized carbons (Fsp3) is 0.350. The average Bonchev–Trinajstić information content (AvgIpc) is 2.97. The number of sulfonamides is 1. The average molecular weight is 387 g/mol. The van der Waals surface area contributed by atoms with Gasteiger partial charge in [0.25, 0.3) is 0 Å². The molecule has 6 nitrogen and oxygen atoms in total. The number of anilines is 1. The first-order chi connectivity index (χ1) is 12.8. The first-order valence-electron chi connectivity index (χ1n) is 9.05. The summed E-state index contributed by atoms with van der Waals surface area (Å²) in [6.45, 7) is 5.59. The number of rotatable bonds is 7. The van der Waals surface area contributed by atoms with Crippen molar-refractivity contribution in [1.82, 2.24) is 13.9 Å². The zero-order valence-corrected chi connectivity index (χ0v) is 17.0. The quantitative estimate of drug-likeness (QED) is 0.673. The monoisotopic (exact) mass is 386 g/mol. The van der Waals surface area contributed by atoms with E-state index in [0.717, 1.165) is 30.0 Å². The molecule has 144 valence electrons. The lowest BCUT2D eigenvalue weighted by Gasteiger charge is -2.12. The molecule has 0 fully saturated rings. The molecule has 0 aliphatic rings. The van der Waals surface area contributed by atoms with E-state index in [9.17, 15) is 8.42 Å². The molecule has 1 heterocycles. The molecule has 0 unspecified atom stereocenters. The summed E-state index contributed by atoms with van der Waals surface area (Å²) in [7, 11) is -0.408. The summed E-state index contributed by atoms with van der Waals surface area (Å²) in [5, 5.41) is 3.41. The highest BCUT2D eigenvalue weighted by atomic mass is 32.2. The maximum atomic E-state index is 12.4. The Hall–Kier alpha value is -2.38. The molecule has 27 heavy (non-hydrogen) atoms. The van der Waals surface area contributed by atoms with Gasteiger partial charge in [0.2, 0.25) is 10.0 Å². The highest BCUT2D eigenvalue weighted by Gasteiger charge is 2.19. The number of hydrogen-bond acceptors (Lipinski definition) is 4. The van der Waals surface area contributed by atoms with Gasteiger partial charge in [-0.25, -0.2) is 17.7 Å². The Morgan fingerprint density at radius 3 is 2.59 bits per heavy atom. The van der Waals surface area contributed by atoms with Crippen molar-refractivity contribution in [2.75, 3.05) is 19.4 Å². The molecule has 0 saturated carbocycles. The predicted octanol–water partition coefficient (Wildman–Crippen LogP) is 3.62. The topological polar surface area (TPSA) is 67.2 Å². The summed E-state index contributed by atoms with van der Waals surface area (Å²) >= 11 is 0. The number of aryl methyl sites for hydroxylation is 2. The third-order valence-electron chi connectivity index (χ3n) is 4.49. The summed E-state index contributed by atoms with van der Waals surface area (Å²) in [5.41, 5.74) is 3.89. The Morgan fingerprint density at radius 1 is 1.15 bits per heavy atom. The third kappa shape index (κ3) is 3.99. The van der Waals surface area contributed by atoms with Gasteiger partial charge in [0.05, 0.1) is 22.5 Å². The highest BCUT2D eigenvalue weighted by molar-refractivity contribution is 7.89. The molecule has 0 saturated heterocycles. The lowest BCUT2D eigenvalue weighted by molar-refractivity contribution is 0.521. The SMILES string of the molecule is CCCn1c(CNc2cccc(C)c2)nc2cc(S(=O)(=O)N(C)C)ccc21.